The molecule has 0 radical (unpaired) electrons. The first-order valence-corrected chi connectivity index (χ1v) is 4.46. The Labute approximate surface area is 88.6 Å². The van der Waals surface area contributed by atoms with Gasteiger partial charge in [-0.25, -0.2) is 0 Å². The molecule has 1 nitrogen and oxygen atoms in total. The summed E-state index contributed by atoms with van der Waals surface area (Å²) in [7, 11) is 2.29. The van der Waals surface area contributed by atoms with Gasteiger partial charge in [-0.2, -0.15) is 0 Å². The first-order valence-electron chi connectivity index (χ1n) is 4.46. The van der Waals surface area contributed by atoms with E-state index in [4.69, 9.17) is 0 Å². The van der Waals surface area contributed by atoms with Crippen LogP contribution in [0.3, 0.4) is 0 Å². The molecule has 0 aliphatic heterocycles. The van der Waals surface area contributed by atoms with Crippen LogP contribution in [0.2, 0.25) is 0 Å². The van der Waals surface area contributed by atoms with E-state index in [1.165, 1.54) is 12.8 Å². The molecule has 0 amide bonds. The van der Waals surface area contributed by atoms with Crippen LogP contribution in [0, 0.1) is 0 Å². The van der Waals surface area contributed by atoms with Gasteiger partial charge in [0.2, 0.25) is 0 Å². The number of quaternary nitrogens is 1. The molecule has 0 aliphatic rings. The first kappa shape index (κ1) is 14.2. The van der Waals surface area contributed by atoms with E-state index in [0.29, 0.717) is 0 Å². The molecule has 0 aromatic rings. The van der Waals surface area contributed by atoms with Crippen molar-refractivity contribution in [2.75, 3.05) is 7.05 Å². The van der Waals surface area contributed by atoms with Crippen molar-refractivity contribution < 1.29 is 28.9 Å². The minimum absolute atomic E-state index is 0. The second-order valence-electron chi connectivity index (χ2n) is 3.36. The van der Waals surface area contributed by atoms with Gasteiger partial charge in [0.05, 0.1) is 19.1 Å². The quantitative estimate of drug-likeness (QED) is 0.570. The van der Waals surface area contributed by atoms with Gasteiger partial charge in [0.15, 0.2) is 0 Å². The lowest BCUT2D eigenvalue weighted by atomic mass is 10.1. The highest BCUT2D eigenvalue weighted by atomic mass is 127. The molecule has 0 aromatic heterocycles. The Bertz CT molecular complexity index is 75.6. The number of hydrogen-bond donors (Lipinski definition) is 1. The van der Waals surface area contributed by atoms with Crippen LogP contribution in [-0.4, -0.2) is 19.1 Å². The monoisotopic (exact) mass is 271 g/mol. The van der Waals surface area contributed by atoms with E-state index < -0.39 is 0 Å². The topological polar surface area (TPSA) is 4.44 Å². The molecule has 2 atom stereocenters. The summed E-state index contributed by atoms with van der Waals surface area (Å²) in [5, 5.41) is 0. The van der Waals surface area contributed by atoms with Crippen molar-refractivity contribution in [1.82, 2.24) is 0 Å². The summed E-state index contributed by atoms with van der Waals surface area (Å²) in [4.78, 5) is 1.67. The van der Waals surface area contributed by atoms with E-state index in [-0.39, 0.29) is 24.0 Å². The highest BCUT2D eigenvalue weighted by Gasteiger charge is 2.15. The molecule has 11 heavy (non-hydrogen) atoms. The molecule has 0 aliphatic carbocycles. The predicted molar refractivity (Wildman–Crippen MR) is 46.4 cm³/mol. The number of nitrogens with one attached hydrogen (secondary N) is 1. The van der Waals surface area contributed by atoms with E-state index >= 15 is 0 Å². The van der Waals surface area contributed by atoms with E-state index in [1.54, 1.807) is 4.90 Å². The fourth-order valence-electron chi connectivity index (χ4n) is 1.13. The Morgan fingerprint density at radius 2 is 1.27 bits per heavy atom. The van der Waals surface area contributed by atoms with Crippen molar-refractivity contribution in [3.05, 3.63) is 0 Å². The number of halogens is 1. The molecular formula is C9H22IN. The standard InChI is InChI=1S/C9H21N.HI/c1-6-8(3)10(5)9(4)7-2;/h8-9H,6-7H2,1-5H3;1H. The van der Waals surface area contributed by atoms with Crippen LogP contribution in [0.4, 0.5) is 0 Å². The van der Waals surface area contributed by atoms with E-state index in [2.05, 4.69) is 34.7 Å². The summed E-state index contributed by atoms with van der Waals surface area (Å²) in [6, 6.07) is 1.63. The molecule has 1 N–H and O–H groups in total. The summed E-state index contributed by atoms with van der Waals surface area (Å²) in [5.74, 6) is 0. The van der Waals surface area contributed by atoms with Crippen LogP contribution in [0.25, 0.3) is 0 Å². The number of rotatable bonds is 4. The summed E-state index contributed by atoms with van der Waals surface area (Å²) in [5.41, 5.74) is 0. The molecular weight excluding hydrogens is 249 g/mol. The van der Waals surface area contributed by atoms with Gasteiger partial charge >= 0.3 is 0 Å². The summed E-state index contributed by atoms with van der Waals surface area (Å²) in [6.07, 6.45) is 2.58. The van der Waals surface area contributed by atoms with Crippen LogP contribution >= 0.6 is 0 Å². The third-order valence-electron chi connectivity index (χ3n) is 2.78. The summed E-state index contributed by atoms with van der Waals surface area (Å²) in [6.45, 7) is 9.16. The van der Waals surface area contributed by atoms with Crippen molar-refractivity contribution in [2.24, 2.45) is 0 Å². The zero-order valence-electron chi connectivity index (χ0n) is 8.45. The van der Waals surface area contributed by atoms with E-state index in [1.807, 2.05) is 0 Å². The Morgan fingerprint density at radius 1 is 1.00 bits per heavy atom. The lowest BCUT2D eigenvalue weighted by molar-refractivity contribution is -0.927. The van der Waals surface area contributed by atoms with Crippen LogP contribution in [0.1, 0.15) is 40.5 Å². The zero-order chi connectivity index (χ0) is 8.15. The highest BCUT2D eigenvalue weighted by molar-refractivity contribution is 4.46. The minimum Gasteiger partial charge on any atom is -1.00 e. The first-order chi connectivity index (χ1) is 4.63. The van der Waals surface area contributed by atoms with Gasteiger partial charge in [0.25, 0.3) is 0 Å². The smallest absolute Gasteiger partial charge is 0.0843 e. The zero-order valence-corrected chi connectivity index (χ0v) is 10.6. The normalized spacial score (nSPS) is 18.3. The molecule has 0 saturated heterocycles. The lowest BCUT2D eigenvalue weighted by Gasteiger charge is -2.26. The summed E-state index contributed by atoms with van der Waals surface area (Å²) >= 11 is 0. The largest absolute Gasteiger partial charge is 1.00 e. The third kappa shape index (κ3) is 5.01. The molecule has 0 fully saturated rings. The third-order valence-corrected chi connectivity index (χ3v) is 2.78. The molecule has 0 heterocycles. The van der Waals surface area contributed by atoms with Crippen molar-refractivity contribution >= 4 is 0 Å². The van der Waals surface area contributed by atoms with Crippen LogP contribution < -0.4 is 28.9 Å². The Morgan fingerprint density at radius 3 is 1.45 bits per heavy atom. The van der Waals surface area contributed by atoms with Gasteiger partial charge in [-0.15, -0.1) is 0 Å². The fraction of sp³-hybridized carbons (Fsp3) is 1.00. The second-order valence-corrected chi connectivity index (χ2v) is 3.36. The maximum absolute atomic E-state index is 2.32. The maximum atomic E-state index is 2.32. The maximum Gasteiger partial charge on any atom is 0.0843 e. The van der Waals surface area contributed by atoms with Crippen molar-refractivity contribution in [1.29, 1.82) is 0 Å². The Kier molecular flexibility index (Phi) is 9.50. The van der Waals surface area contributed by atoms with Gasteiger partial charge in [0, 0.05) is 0 Å². The van der Waals surface area contributed by atoms with Gasteiger partial charge in [-0.3, -0.25) is 0 Å². The molecule has 0 saturated carbocycles. The van der Waals surface area contributed by atoms with Crippen molar-refractivity contribution in [3.8, 4) is 0 Å². The fourth-order valence-corrected chi connectivity index (χ4v) is 1.13. The lowest BCUT2D eigenvalue weighted by Crippen LogP contribution is -3.15. The molecule has 2 unspecified atom stereocenters. The Hall–Kier alpha value is 0.690. The van der Waals surface area contributed by atoms with Gasteiger partial charge < -0.3 is 28.9 Å². The van der Waals surface area contributed by atoms with E-state index in [0.717, 1.165) is 12.1 Å². The van der Waals surface area contributed by atoms with E-state index in [9.17, 15) is 0 Å². The highest BCUT2D eigenvalue weighted by Crippen LogP contribution is 1.87. The number of hydrogen-bond acceptors (Lipinski definition) is 0. The van der Waals surface area contributed by atoms with Crippen molar-refractivity contribution in [3.63, 3.8) is 0 Å². The molecule has 0 spiro atoms. The van der Waals surface area contributed by atoms with Crippen LogP contribution in [0.15, 0.2) is 0 Å². The molecule has 2 heteroatoms. The van der Waals surface area contributed by atoms with Crippen molar-refractivity contribution in [2.45, 2.75) is 52.6 Å². The molecule has 0 rings (SSSR count). The second kappa shape index (κ2) is 7.35. The van der Waals surface area contributed by atoms with Gasteiger partial charge in [0.1, 0.15) is 0 Å². The van der Waals surface area contributed by atoms with Crippen LogP contribution in [0.5, 0.6) is 0 Å². The van der Waals surface area contributed by atoms with Gasteiger partial charge in [-0.1, -0.05) is 13.8 Å². The molecule has 0 aromatic carbocycles. The van der Waals surface area contributed by atoms with Crippen LogP contribution in [-0.2, 0) is 0 Å². The average molecular weight is 271 g/mol. The SMILES string of the molecule is CCC(C)[NH+](C)C(C)CC.[I-]. The Balaban J connectivity index is 0. The average Bonchev–Trinajstić information content (AvgIpc) is 2.00. The minimum atomic E-state index is 0. The summed E-state index contributed by atoms with van der Waals surface area (Å²) < 4.78 is 0. The van der Waals surface area contributed by atoms with Gasteiger partial charge in [-0.05, 0) is 26.7 Å². The molecule has 0 bridgehead atoms. The predicted octanol–water partition coefficient (Wildman–Crippen LogP) is -1.90. The molecule has 70 valence electrons.